The molecule has 1 aromatic rings. The summed E-state index contributed by atoms with van der Waals surface area (Å²) < 4.78 is 67.9. The standard InChI is InChI=1S/C15H15F3N3O5S/c1-2-26-12(22)13-9-5-7-10-6-3-4-8-11(10)14(13,23)21(20-19-13)27(24,25)15(16,17)18/h3-4,6,8H,2,5,7,9H2,1H3/q-1. The SMILES string of the molecule is CCOC(=O)C12CCCc3ccccc3C1([O-])N(S(=O)(=O)C(F)(F)F)N=N2. The highest BCUT2D eigenvalue weighted by molar-refractivity contribution is 7.89. The summed E-state index contributed by atoms with van der Waals surface area (Å²) in [7, 11) is -6.20. The van der Waals surface area contributed by atoms with Gasteiger partial charge in [0.15, 0.2) is 5.54 Å². The lowest BCUT2D eigenvalue weighted by Crippen LogP contribution is -2.69. The number of halogens is 3. The lowest BCUT2D eigenvalue weighted by Gasteiger charge is -2.49. The molecule has 0 saturated heterocycles. The summed E-state index contributed by atoms with van der Waals surface area (Å²) in [5.41, 5.74) is -11.5. The zero-order valence-corrected chi connectivity index (χ0v) is 14.9. The number of sulfonamides is 1. The van der Waals surface area contributed by atoms with Gasteiger partial charge in [-0.15, -0.1) is 5.11 Å². The summed E-state index contributed by atoms with van der Waals surface area (Å²) in [5, 5.41) is 20.5. The highest BCUT2D eigenvalue weighted by atomic mass is 32.2. The average molecular weight is 406 g/mol. The molecule has 2 aliphatic rings. The second-order valence-corrected chi connectivity index (χ2v) is 7.88. The van der Waals surface area contributed by atoms with Crippen molar-refractivity contribution in [3.8, 4) is 0 Å². The molecule has 0 N–H and O–H groups in total. The lowest BCUT2D eigenvalue weighted by molar-refractivity contribution is -0.528. The quantitative estimate of drug-likeness (QED) is 0.704. The number of carbonyl (C=O) groups is 1. The van der Waals surface area contributed by atoms with Crippen LogP contribution in [0.25, 0.3) is 0 Å². The fourth-order valence-corrected chi connectivity index (χ4v) is 4.32. The summed E-state index contributed by atoms with van der Waals surface area (Å²) in [5.74, 6) is -1.21. The van der Waals surface area contributed by atoms with E-state index in [4.69, 9.17) is 4.74 Å². The normalized spacial score (nSPS) is 27.7. The third kappa shape index (κ3) is 2.53. The molecular weight excluding hydrogens is 391 g/mol. The number of fused-ring (bicyclic) bond motifs is 3. The van der Waals surface area contributed by atoms with Crippen LogP contribution in [0.3, 0.4) is 0 Å². The second kappa shape index (κ2) is 6.16. The predicted octanol–water partition coefficient (Wildman–Crippen LogP) is 1.37. The molecule has 0 amide bonds. The van der Waals surface area contributed by atoms with Crippen molar-refractivity contribution in [2.24, 2.45) is 10.3 Å². The smallest absolute Gasteiger partial charge is 0.518 e. The van der Waals surface area contributed by atoms with Crippen molar-refractivity contribution in [3.63, 3.8) is 0 Å². The zero-order valence-electron chi connectivity index (χ0n) is 14.1. The van der Waals surface area contributed by atoms with Crippen LogP contribution in [0.1, 0.15) is 30.9 Å². The number of hydrogen-bond acceptors (Lipinski definition) is 7. The number of hydrogen-bond donors (Lipinski definition) is 0. The van der Waals surface area contributed by atoms with Crippen LogP contribution in [-0.4, -0.2) is 36.5 Å². The first-order valence-electron chi connectivity index (χ1n) is 8.03. The molecule has 0 radical (unpaired) electrons. The molecule has 1 aliphatic carbocycles. The fourth-order valence-electron chi connectivity index (χ4n) is 3.40. The van der Waals surface area contributed by atoms with Crippen molar-refractivity contribution < 1.29 is 36.2 Å². The molecule has 2 atom stereocenters. The Kier molecular flexibility index (Phi) is 4.46. The van der Waals surface area contributed by atoms with Crippen LogP contribution in [0.2, 0.25) is 0 Å². The molecule has 27 heavy (non-hydrogen) atoms. The molecule has 3 rings (SSSR count). The molecule has 1 aliphatic heterocycles. The molecule has 2 unspecified atom stereocenters. The van der Waals surface area contributed by atoms with E-state index in [1.807, 2.05) is 0 Å². The van der Waals surface area contributed by atoms with Gasteiger partial charge in [0.1, 0.15) is 0 Å². The van der Waals surface area contributed by atoms with Crippen LogP contribution >= 0.6 is 0 Å². The number of ether oxygens (including phenoxy) is 1. The number of benzene rings is 1. The third-order valence-corrected chi connectivity index (χ3v) is 6.00. The molecular formula is C15H15F3N3O5S-. The van der Waals surface area contributed by atoms with E-state index in [1.54, 1.807) is 6.07 Å². The van der Waals surface area contributed by atoms with Crippen LogP contribution in [-0.2, 0) is 31.7 Å². The minimum atomic E-state index is -6.20. The molecule has 0 saturated carbocycles. The van der Waals surface area contributed by atoms with Crippen LogP contribution in [0.4, 0.5) is 13.2 Å². The van der Waals surface area contributed by atoms with E-state index in [1.165, 1.54) is 25.1 Å². The van der Waals surface area contributed by atoms with E-state index in [2.05, 4.69) is 10.3 Å². The molecule has 148 valence electrons. The van der Waals surface area contributed by atoms with Crippen LogP contribution in [0.15, 0.2) is 34.6 Å². The summed E-state index contributed by atoms with van der Waals surface area (Å²) >= 11 is 0. The molecule has 0 fully saturated rings. The Hall–Kier alpha value is -2.21. The fraction of sp³-hybridized carbons (Fsp3) is 0.533. The molecule has 1 aromatic carbocycles. The molecule has 0 spiro atoms. The number of rotatable bonds is 3. The zero-order chi connectivity index (χ0) is 20.1. The Bertz CT molecular complexity index is 904. The predicted molar refractivity (Wildman–Crippen MR) is 82.1 cm³/mol. The molecule has 12 heteroatoms. The maximum Gasteiger partial charge on any atom is 0.518 e. The van der Waals surface area contributed by atoms with E-state index in [9.17, 15) is 31.5 Å². The first-order valence-corrected chi connectivity index (χ1v) is 9.47. The topological polar surface area (TPSA) is 111 Å². The summed E-state index contributed by atoms with van der Waals surface area (Å²) in [6.45, 7) is 1.28. The maximum absolute atomic E-state index is 13.9. The summed E-state index contributed by atoms with van der Waals surface area (Å²) in [6, 6.07) is 5.62. The average Bonchev–Trinajstić information content (AvgIpc) is 2.83. The van der Waals surface area contributed by atoms with E-state index in [-0.39, 0.29) is 31.4 Å². The van der Waals surface area contributed by atoms with Crippen LogP contribution in [0, 0.1) is 0 Å². The van der Waals surface area contributed by atoms with Crippen molar-refractivity contribution >= 4 is 16.0 Å². The van der Waals surface area contributed by atoms with Gasteiger partial charge >= 0.3 is 21.5 Å². The Labute approximate surface area is 152 Å². The molecule has 1 heterocycles. The highest BCUT2D eigenvalue weighted by Gasteiger charge is 2.67. The third-order valence-electron chi connectivity index (χ3n) is 4.63. The van der Waals surface area contributed by atoms with Gasteiger partial charge in [-0.25, -0.2) is 4.79 Å². The van der Waals surface area contributed by atoms with Crippen molar-refractivity contribution in [1.82, 2.24) is 4.41 Å². The highest BCUT2D eigenvalue weighted by Crippen LogP contribution is 2.51. The van der Waals surface area contributed by atoms with Gasteiger partial charge in [-0.3, -0.25) is 0 Å². The first-order chi connectivity index (χ1) is 12.5. The van der Waals surface area contributed by atoms with Gasteiger partial charge in [0.05, 0.1) is 12.3 Å². The molecule has 0 aromatic heterocycles. The number of nitrogens with zero attached hydrogens (tertiary/aromatic N) is 3. The van der Waals surface area contributed by atoms with Gasteiger partial charge in [-0.2, -0.15) is 26.0 Å². The van der Waals surface area contributed by atoms with Crippen molar-refractivity contribution in [1.29, 1.82) is 0 Å². The minimum absolute atomic E-state index is 0.167. The van der Waals surface area contributed by atoms with Gasteiger partial charge in [-0.05, 0) is 37.3 Å². The van der Waals surface area contributed by atoms with Crippen LogP contribution in [0.5, 0.6) is 0 Å². The summed E-state index contributed by atoms with van der Waals surface area (Å²) in [4.78, 5) is 12.6. The number of aryl methyl sites for hydroxylation is 1. The van der Waals surface area contributed by atoms with Crippen LogP contribution < -0.4 is 5.11 Å². The van der Waals surface area contributed by atoms with Gasteiger partial charge in [0, 0.05) is 0 Å². The Morgan fingerprint density at radius 2 is 2.04 bits per heavy atom. The minimum Gasteiger partial charge on any atom is -0.826 e. The van der Waals surface area contributed by atoms with Crippen molar-refractivity contribution in [3.05, 3.63) is 35.4 Å². The molecule has 8 nitrogen and oxygen atoms in total. The number of carbonyl (C=O) groups excluding carboxylic acids is 1. The maximum atomic E-state index is 13.9. The number of alkyl halides is 3. The van der Waals surface area contributed by atoms with E-state index in [0.717, 1.165) is 0 Å². The van der Waals surface area contributed by atoms with Crippen molar-refractivity contribution in [2.45, 2.75) is 43.0 Å². The monoisotopic (exact) mass is 406 g/mol. The second-order valence-electron chi connectivity index (χ2n) is 6.12. The van der Waals surface area contributed by atoms with E-state index >= 15 is 0 Å². The summed E-state index contributed by atoms with van der Waals surface area (Å²) in [6.07, 6.45) is 0.160. The molecule has 0 bridgehead atoms. The number of esters is 1. The van der Waals surface area contributed by atoms with Gasteiger partial charge in [-0.1, -0.05) is 29.5 Å². The Morgan fingerprint density at radius 3 is 2.67 bits per heavy atom. The Morgan fingerprint density at radius 1 is 1.37 bits per heavy atom. The Balaban J connectivity index is 2.31. The van der Waals surface area contributed by atoms with E-state index in [0.29, 0.717) is 5.56 Å². The van der Waals surface area contributed by atoms with Gasteiger partial charge < -0.3 is 9.84 Å². The largest absolute Gasteiger partial charge is 0.826 e. The first kappa shape index (κ1) is 19.5. The van der Waals surface area contributed by atoms with Gasteiger partial charge in [0.2, 0.25) is 0 Å². The van der Waals surface area contributed by atoms with Gasteiger partial charge in [0.25, 0.3) is 0 Å². The lowest BCUT2D eigenvalue weighted by atomic mass is 9.80. The van der Waals surface area contributed by atoms with E-state index < -0.39 is 37.2 Å². The van der Waals surface area contributed by atoms with Crippen molar-refractivity contribution in [2.75, 3.05) is 6.61 Å².